The van der Waals surface area contributed by atoms with Crippen molar-refractivity contribution >= 4 is 11.8 Å². The molecule has 0 spiro atoms. The van der Waals surface area contributed by atoms with Crippen molar-refractivity contribution in [1.29, 1.82) is 0 Å². The van der Waals surface area contributed by atoms with Gasteiger partial charge < -0.3 is 14.6 Å². The number of nitrogens with zero attached hydrogens (tertiary/aromatic N) is 2. The molecule has 6 nitrogen and oxygen atoms in total. The van der Waals surface area contributed by atoms with E-state index < -0.39 is 0 Å². The summed E-state index contributed by atoms with van der Waals surface area (Å²) < 4.78 is 5.15. The summed E-state index contributed by atoms with van der Waals surface area (Å²) in [6.45, 7) is 7.32. The Kier molecular flexibility index (Phi) is 7.31. The quantitative estimate of drug-likeness (QED) is 0.739. The molecule has 2 heterocycles. The highest BCUT2D eigenvalue weighted by atomic mass is 16.3. The Balaban J connectivity index is 1.67. The Hall–Kier alpha value is -1.82. The predicted molar refractivity (Wildman–Crippen MR) is 92.8 cm³/mol. The summed E-state index contributed by atoms with van der Waals surface area (Å²) >= 11 is 0. The van der Waals surface area contributed by atoms with Gasteiger partial charge in [0.25, 0.3) is 5.91 Å². The summed E-state index contributed by atoms with van der Waals surface area (Å²) in [5, 5.41) is 3.07. The average molecular weight is 335 g/mol. The van der Waals surface area contributed by atoms with Crippen molar-refractivity contribution < 1.29 is 14.0 Å². The number of carbonyl (C=O) groups excluding carboxylic acids is 2. The van der Waals surface area contributed by atoms with Crippen LogP contribution in [0.4, 0.5) is 0 Å². The largest absolute Gasteiger partial charge is 0.459 e. The second-order valence-corrected chi connectivity index (χ2v) is 6.51. The summed E-state index contributed by atoms with van der Waals surface area (Å²) in [5.41, 5.74) is 0. The fraction of sp³-hybridized carbons (Fsp3) is 0.667. The van der Waals surface area contributed by atoms with Crippen molar-refractivity contribution in [2.75, 3.05) is 32.7 Å². The van der Waals surface area contributed by atoms with Crippen LogP contribution < -0.4 is 5.32 Å². The Bertz CT molecular complexity index is 508. The molecule has 1 aliphatic heterocycles. The molecule has 1 aromatic heterocycles. The summed E-state index contributed by atoms with van der Waals surface area (Å²) in [5.74, 6) is 0.376. The number of amides is 2. The summed E-state index contributed by atoms with van der Waals surface area (Å²) in [4.78, 5) is 28.2. The van der Waals surface area contributed by atoms with Gasteiger partial charge >= 0.3 is 0 Å². The minimum Gasteiger partial charge on any atom is -0.459 e. The van der Waals surface area contributed by atoms with E-state index in [2.05, 4.69) is 24.1 Å². The highest BCUT2D eigenvalue weighted by molar-refractivity contribution is 5.91. The molecule has 0 aromatic carbocycles. The number of hydrogen-bond donors (Lipinski definition) is 1. The SMILES string of the molecule is CCCCCC(C)NC(=O)CN1CCN(C(=O)c2ccco2)CC1. The van der Waals surface area contributed by atoms with Crippen molar-refractivity contribution in [2.45, 2.75) is 45.6 Å². The van der Waals surface area contributed by atoms with Crippen LogP contribution in [0.3, 0.4) is 0 Å². The summed E-state index contributed by atoms with van der Waals surface area (Å²) in [6, 6.07) is 3.63. The Labute approximate surface area is 144 Å². The molecular weight excluding hydrogens is 306 g/mol. The third kappa shape index (κ3) is 5.67. The molecule has 2 amide bonds. The Morgan fingerprint density at radius 1 is 1.25 bits per heavy atom. The number of furan rings is 1. The third-order valence-electron chi connectivity index (χ3n) is 4.41. The molecule has 2 rings (SSSR count). The van der Waals surface area contributed by atoms with Gasteiger partial charge in [-0.15, -0.1) is 0 Å². The van der Waals surface area contributed by atoms with E-state index >= 15 is 0 Å². The Morgan fingerprint density at radius 2 is 2.00 bits per heavy atom. The van der Waals surface area contributed by atoms with Crippen LogP contribution in [-0.4, -0.2) is 60.4 Å². The fourth-order valence-electron chi connectivity index (χ4n) is 2.96. The van der Waals surface area contributed by atoms with E-state index in [1.807, 2.05) is 0 Å². The number of hydrogen-bond acceptors (Lipinski definition) is 4. The van der Waals surface area contributed by atoms with Gasteiger partial charge in [0, 0.05) is 32.2 Å². The number of unbranched alkanes of at least 4 members (excludes halogenated alkanes) is 2. The number of piperazine rings is 1. The van der Waals surface area contributed by atoms with Gasteiger partial charge in [-0.3, -0.25) is 14.5 Å². The summed E-state index contributed by atoms with van der Waals surface area (Å²) in [6.07, 6.45) is 6.11. The van der Waals surface area contributed by atoms with Gasteiger partial charge in [-0.25, -0.2) is 0 Å². The molecule has 1 aliphatic rings. The monoisotopic (exact) mass is 335 g/mol. The first-order valence-electron chi connectivity index (χ1n) is 8.94. The van der Waals surface area contributed by atoms with Crippen LogP contribution in [0, 0.1) is 0 Å². The molecule has 0 saturated carbocycles. The van der Waals surface area contributed by atoms with Gasteiger partial charge in [0.05, 0.1) is 12.8 Å². The van der Waals surface area contributed by atoms with Crippen LogP contribution >= 0.6 is 0 Å². The van der Waals surface area contributed by atoms with Gasteiger partial charge in [-0.05, 0) is 25.5 Å². The molecule has 134 valence electrons. The second kappa shape index (κ2) is 9.47. The topological polar surface area (TPSA) is 65.8 Å². The normalized spacial score (nSPS) is 16.8. The third-order valence-corrected chi connectivity index (χ3v) is 4.41. The minimum atomic E-state index is -0.0753. The molecule has 1 N–H and O–H groups in total. The maximum Gasteiger partial charge on any atom is 0.289 e. The van der Waals surface area contributed by atoms with E-state index in [0.717, 1.165) is 12.8 Å². The van der Waals surface area contributed by atoms with Gasteiger partial charge in [0.2, 0.25) is 5.91 Å². The standard InChI is InChI=1S/C18H29N3O3/c1-3-4-5-7-15(2)19-17(22)14-20-9-11-21(12-10-20)18(23)16-8-6-13-24-16/h6,8,13,15H,3-5,7,9-12,14H2,1-2H3,(H,19,22). The van der Waals surface area contributed by atoms with Gasteiger partial charge in [-0.2, -0.15) is 0 Å². The number of nitrogens with one attached hydrogen (secondary N) is 1. The highest BCUT2D eigenvalue weighted by Gasteiger charge is 2.24. The number of carbonyl (C=O) groups is 2. The first kappa shape index (κ1) is 18.5. The van der Waals surface area contributed by atoms with Crippen LogP contribution in [0.1, 0.15) is 50.1 Å². The van der Waals surface area contributed by atoms with Crippen molar-refractivity contribution in [3.63, 3.8) is 0 Å². The lowest BCUT2D eigenvalue weighted by Crippen LogP contribution is -2.51. The molecule has 0 bridgehead atoms. The van der Waals surface area contributed by atoms with Crippen molar-refractivity contribution in [2.24, 2.45) is 0 Å². The van der Waals surface area contributed by atoms with Crippen LogP contribution in [-0.2, 0) is 4.79 Å². The maximum atomic E-state index is 12.2. The van der Waals surface area contributed by atoms with E-state index in [4.69, 9.17) is 4.42 Å². The van der Waals surface area contributed by atoms with Crippen molar-refractivity contribution in [1.82, 2.24) is 15.1 Å². The smallest absolute Gasteiger partial charge is 0.289 e. The predicted octanol–water partition coefficient (Wildman–Crippen LogP) is 2.12. The van der Waals surface area contributed by atoms with E-state index in [0.29, 0.717) is 38.5 Å². The van der Waals surface area contributed by atoms with Crippen LogP contribution in [0.25, 0.3) is 0 Å². The van der Waals surface area contributed by atoms with Crippen molar-refractivity contribution in [3.8, 4) is 0 Å². The molecule has 24 heavy (non-hydrogen) atoms. The van der Waals surface area contributed by atoms with E-state index in [-0.39, 0.29) is 17.9 Å². The maximum absolute atomic E-state index is 12.2. The highest BCUT2D eigenvalue weighted by Crippen LogP contribution is 2.09. The zero-order valence-corrected chi connectivity index (χ0v) is 14.8. The molecule has 0 radical (unpaired) electrons. The average Bonchev–Trinajstić information content (AvgIpc) is 3.09. The molecular formula is C18H29N3O3. The lowest BCUT2D eigenvalue weighted by atomic mass is 10.1. The number of rotatable bonds is 8. The summed E-state index contributed by atoms with van der Waals surface area (Å²) in [7, 11) is 0. The molecule has 1 fully saturated rings. The van der Waals surface area contributed by atoms with E-state index in [1.165, 1.54) is 19.1 Å². The van der Waals surface area contributed by atoms with Crippen LogP contribution in [0.5, 0.6) is 0 Å². The molecule has 1 atom stereocenters. The van der Waals surface area contributed by atoms with Gasteiger partial charge in [0.1, 0.15) is 0 Å². The molecule has 1 unspecified atom stereocenters. The first-order chi connectivity index (χ1) is 11.6. The van der Waals surface area contributed by atoms with E-state index in [9.17, 15) is 9.59 Å². The first-order valence-corrected chi connectivity index (χ1v) is 8.94. The van der Waals surface area contributed by atoms with Crippen molar-refractivity contribution in [3.05, 3.63) is 24.2 Å². The second-order valence-electron chi connectivity index (χ2n) is 6.51. The minimum absolute atomic E-state index is 0.0739. The van der Waals surface area contributed by atoms with E-state index in [1.54, 1.807) is 17.0 Å². The lowest BCUT2D eigenvalue weighted by molar-refractivity contribution is -0.123. The zero-order chi connectivity index (χ0) is 17.4. The van der Waals surface area contributed by atoms with Gasteiger partial charge in [0.15, 0.2) is 5.76 Å². The fourth-order valence-corrected chi connectivity index (χ4v) is 2.96. The lowest BCUT2D eigenvalue weighted by Gasteiger charge is -2.34. The zero-order valence-electron chi connectivity index (χ0n) is 14.8. The molecule has 1 aromatic rings. The molecule has 0 aliphatic carbocycles. The Morgan fingerprint density at radius 3 is 2.62 bits per heavy atom. The molecule has 1 saturated heterocycles. The van der Waals surface area contributed by atoms with Crippen LogP contribution in [0.15, 0.2) is 22.8 Å². The van der Waals surface area contributed by atoms with Gasteiger partial charge in [-0.1, -0.05) is 26.2 Å². The molecule has 6 heteroatoms. The van der Waals surface area contributed by atoms with Crippen LogP contribution in [0.2, 0.25) is 0 Å².